The minimum absolute atomic E-state index is 0.209. The molecule has 0 aromatic carbocycles. The van der Waals surface area contributed by atoms with Gasteiger partial charge in [-0.2, -0.15) is 0 Å². The smallest absolute Gasteiger partial charge is 0.0828 e. The van der Waals surface area contributed by atoms with Crippen molar-refractivity contribution in [1.82, 2.24) is 15.0 Å². The van der Waals surface area contributed by atoms with Crippen molar-refractivity contribution in [3.05, 3.63) is 11.9 Å². The van der Waals surface area contributed by atoms with Crippen LogP contribution in [0.1, 0.15) is 37.4 Å². The highest BCUT2D eigenvalue weighted by Crippen LogP contribution is 2.27. The van der Waals surface area contributed by atoms with Crippen molar-refractivity contribution in [2.75, 3.05) is 6.61 Å². The summed E-state index contributed by atoms with van der Waals surface area (Å²) >= 11 is 0. The molecule has 5 nitrogen and oxygen atoms in total. The van der Waals surface area contributed by atoms with E-state index >= 15 is 0 Å². The Balaban J connectivity index is 1.94. The minimum Gasteiger partial charge on any atom is -0.396 e. The van der Waals surface area contributed by atoms with Crippen molar-refractivity contribution in [1.29, 1.82) is 0 Å². The molecule has 1 aromatic rings. The van der Waals surface area contributed by atoms with Gasteiger partial charge in [0.2, 0.25) is 0 Å². The van der Waals surface area contributed by atoms with E-state index < -0.39 is 0 Å². The molecular formula is C10H18N4O. The highest BCUT2D eigenvalue weighted by Gasteiger charge is 2.23. The summed E-state index contributed by atoms with van der Waals surface area (Å²) in [5.74, 6) is 0. The number of rotatable bonds is 4. The summed E-state index contributed by atoms with van der Waals surface area (Å²) in [6.45, 7) is 0.209. The van der Waals surface area contributed by atoms with Crippen molar-refractivity contribution >= 4 is 0 Å². The summed E-state index contributed by atoms with van der Waals surface area (Å²) in [7, 11) is 0. The van der Waals surface area contributed by atoms with Gasteiger partial charge in [-0.05, 0) is 32.1 Å². The van der Waals surface area contributed by atoms with Crippen LogP contribution in [0.2, 0.25) is 0 Å². The number of nitrogens with zero attached hydrogens (tertiary/aromatic N) is 3. The third kappa shape index (κ3) is 2.54. The van der Waals surface area contributed by atoms with Crippen LogP contribution in [0.3, 0.4) is 0 Å². The van der Waals surface area contributed by atoms with Gasteiger partial charge in [-0.1, -0.05) is 5.21 Å². The molecule has 1 aliphatic rings. The molecular weight excluding hydrogens is 192 g/mol. The Hall–Kier alpha value is -0.940. The fourth-order valence-electron chi connectivity index (χ4n) is 2.10. The SMILES string of the molecule is N[C@H]1CC[C@@H](n2cc(CCCO)nn2)C1. The Morgan fingerprint density at radius 1 is 1.53 bits per heavy atom. The van der Waals surface area contributed by atoms with Crippen LogP contribution in [-0.2, 0) is 6.42 Å². The zero-order valence-corrected chi connectivity index (χ0v) is 8.84. The van der Waals surface area contributed by atoms with E-state index in [4.69, 9.17) is 10.8 Å². The van der Waals surface area contributed by atoms with E-state index in [0.29, 0.717) is 12.1 Å². The Labute approximate surface area is 89.3 Å². The zero-order valence-electron chi connectivity index (χ0n) is 8.84. The fourth-order valence-corrected chi connectivity index (χ4v) is 2.10. The summed E-state index contributed by atoms with van der Waals surface area (Å²) in [4.78, 5) is 0. The molecule has 1 aromatic heterocycles. The maximum Gasteiger partial charge on any atom is 0.0828 e. The van der Waals surface area contributed by atoms with E-state index in [1.54, 1.807) is 0 Å². The Bertz CT molecular complexity index is 312. The van der Waals surface area contributed by atoms with E-state index in [0.717, 1.165) is 37.8 Å². The van der Waals surface area contributed by atoms with Crippen molar-refractivity contribution < 1.29 is 5.11 Å². The standard InChI is InChI=1S/C10H18N4O/c11-8-3-4-10(6-8)14-7-9(12-13-14)2-1-5-15/h7-8,10,15H,1-6,11H2/t8-,10+/m0/s1. The number of aryl methyl sites for hydroxylation is 1. The highest BCUT2D eigenvalue weighted by atomic mass is 16.2. The first-order valence-corrected chi connectivity index (χ1v) is 5.56. The van der Waals surface area contributed by atoms with E-state index in [9.17, 15) is 0 Å². The van der Waals surface area contributed by atoms with Gasteiger partial charge in [-0.3, -0.25) is 0 Å². The predicted molar refractivity (Wildman–Crippen MR) is 56.3 cm³/mol. The third-order valence-corrected chi connectivity index (χ3v) is 2.97. The second-order valence-electron chi connectivity index (χ2n) is 4.24. The third-order valence-electron chi connectivity index (χ3n) is 2.97. The van der Waals surface area contributed by atoms with Gasteiger partial charge >= 0.3 is 0 Å². The highest BCUT2D eigenvalue weighted by molar-refractivity contribution is 4.95. The van der Waals surface area contributed by atoms with Gasteiger partial charge in [-0.15, -0.1) is 5.10 Å². The lowest BCUT2D eigenvalue weighted by Gasteiger charge is -2.07. The second-order valence-corrected chi connectivity index (χ2v) is 4.24. The number of aromatic nitrogens is 3. The van der Waals surface area contributed by atoms with Crippen LogP contribution in [0.4, 0.5) is 0 Å². The van der Waals surface area contributed by atoms with Gasteiger partial charge in [0.25, 0.3) is 0 Å². The van der Waals surface area contributed by atoms with Crippen LogP contribution in [0.25, 0.3) is 0 Å². The summed E-state index contributed by atoms with van der Waals surface area (Å²) in [5, 5.41) is 16.9. The molecule has 84 valence electrons. The van der Waals surface area contributed by atoms with E-state index in [2.05, 4.69) is 10.3 Å². The Kier molecular flexibility index (Phi) is 3.33. The maximum absolute atomic E-state index is 8.71. The monoisotopic (exact) mass is 210 g/mol. The number of aliphatic hydroxyl groups excluding tert-OH is 1. The lowest BCUT2D eigenvalue weighted by atomic mass is 10.2. The maximum atomic E-state index is 8.71. The summed E-state index contributed by atoms with van der Waals surface area (Å²) in [6, 6.07) is 0.746. The first-order valence-electron chi connectivity index (χ1n) is 5.56. The molecule has 1 heterocycles. The molecule has 0 amide bonds. The fraction of sp³-hybridized carbons (Fsp3) is 0.800. The summed E-state index contributed by atoms with van der Waals surface area (Å²) in [5.41, 5.74) is 6.82. The van der Waals surface area contributed by atoms with Crippen molar-refractivity contribution in [2.24, 2.45) is 5.73 Å². The van der Waals surface area contributed by atoms with Gasteiger partial charge < -0.3 is 10.8 Å². The van der Waals surface area contributed by atoms with E-state index in [1.165, 1.54) is 0 Å². The molecule has 0 bridgehead atoms. The number of hydrogen-bond donors (Lipinski definition) is 2. The van der Waals surface area contributed by atoms with E-state index in [1.807, 2.05) is 10.9 Å². The van der Waals surface area contributed by atoms with Crippen LogP contribution in [0.5, 0.6) is 0 Å². The van der Waals surface area contributed by atoms with Crippen molar-refractivity contribution in [3.8, 4) is 0 Å². The molecule has 0 aliphatic heterocycles. The molecule has 0 radical (unpaired) electrons. The average Bonchev–Trinajstić information content (AvgIpc) is 2.83. The molecule has 1 aliphatic carbocycles. The van der Waals surface area contributed by atoms with Gasteiger partial charge in [0, 0.05) is 18.8 Å². The zero-order chi connectivity index (χ0) is 10.7. The molecule has 0 unspecified atom stereocenters. The van der Waals surface area contributed by atoms with Gasteiger partial charge in [0.15, 0.2) is 0 Å². The van der Waals surface area contributed by atoms with Gasteiger partial charge in [0.1, 0.15) is 0 Å². The number of nitrogens with two attached hydrogens (primary N) is 1. The molecule has 1 saturated carbocycles. The van der Waals surface area contributed by atoms with Crippen molar-refractivity contribution in [2.45, 2.75) is 44.2 Å². The number of aliphatic hydroxyl groups is 1. The van der Waals surface area contributed by atoms with E-state index in [-0.39, 0.29) is 6.61 Å². The molecule has 15 heavy (non-hydrogen) atoms. The van der Waals surface area contributed by atoms with Crippen LogP contribution < -0.4 is 5.73 Å². The molecule has 2 rings (SSSR count). The van der Waals surface area contributed by atoms with Gasteiger partial charge in [0.05, 0.1) is 11.7 Å². The van der Waals surface area contributed by atoms with Crippen molar-refractivity contribution in [3.63, 3.8) is 0 Å². The van der Waals surface area contributed by atoms with Crippen LogP contribution in [0, 0.1) is 0 Å². The topological polar surface area (TPSA) is 77.0 Å². The Morgan fingerprint density at radius 2 is 2.40 bits per heavy atom. The first kappa shape index (κ1) is 10.6. The largest absolute Gasteiger partial charge is 0.396 e. The first-order chi connectivity index (χ1) is 7.29. The lowest BCUT2D eigenvalue weighted by molar-refractivity contribution is 0.288. The van der Waals surface area contributed by atoms with Gasteiger partial charge in [-0.25, -0.2) is 4.68 Å². The molecule has 0 saturated heterocycles. The normalized spacial score (nSPS) is 26.0. The summed E-state index contributed by atoms with van der Waals surface area (Å²) in [6.07, 6.45) is 6.72. The van der Waals surface area contributed by atoms with Crippen LogP contribution in [-0.4, -0.2) is 32.7 Å². The molecule has 2 atom stereocenters. The average molecular weight is 210 g/mol. The molecule has 5 heteroatoms. The minimum atomic E-state index is 0.209. The molecule has 0 spiro atoms. The Morgan fingerprint density at radius 3 is 3.07 bits per heavy atom. The van der Waals surface area contributed by atoms with Crippen LogP contribution in [0.15, 0.2) is 6.20 Å². The molecule has 1 fully saturated rings. The van der Waals surface area contributed by atoms with Crippen LogP contribution >= 0.6 is 0 Å². The predicted octanol–water partition coefficient (Wildman–Crippen LogP) is 0.255. The molecule has 3 N–H and O–H groups in total. The second kappa shape index (κ2) is 4.72. The summed E-state index contributed by atoms with van der Waals surface area (Å²) < 4.78 is 1.93. The number of hydrogen-bond acceptors (Lipinski definition) is 4. The quantitative estimate of drug-likeness (QED) is 0.747. The lowest BCUT2D eigenvalue weighted by Crippen LogP contribution is -2.16.